The van der Waals surface area contributed by atoms with Crippen LogP contribution in [-0.2, 0) is 14.4 Å². The van der Waals surface area contributed by atoms with E-state index >= 15 is 0 Å². The Morgan fingerprint density at radius 2 is 2.00 bits per heavy atom. The number of carbonyl (C=O) groups is 3. The lowest BCUT2D eigenvalue weighted by Gasteiger charge is -2.26. The number of rotatable bonds is 1. The molecule has 3 unspecified atom stereocenters. The molecule has 0 bridgehead atoms. The van der Waals surface area contributed by atoms with Gasteiger partial charge in [0.2, 0.25) is 11.8 Å². The number of nitrogens with one attached hydrogen (secondary N) is 1. The molecule has 0 aromatic rings. The standard InChI is InChI=1S/C18H26N2O4/c21-15-10-6-4-2-1-3-5-8-13-12-18(13,17(23)24)19-16(22)14-9-7-11-20(14)15/h5,8,13-14H,1-4,6-7,9-12H2,(H,19,22)(H,23,24)/b8-5-. The number of aliphatic carboxylic acids is 1. The van der Waals surface area contributed by atoms with E-state index in [0.29, 0.717) is 25.8 Å². The molecule has 2 amide bonds. The highest BCUT2D eigenvalue weighted by Crippen LogP contribution is 2.45. The molecule has 3 rings (SSSR count). The van der Waals surface area contributed by atoms with Gasteiger partial charge >= 0.3 is 5.97 Å². The highest BCUT2D eigenvalue weighted by Gasteiger charge is 2.61. The minimum atomic E-state index is -1.18. The SMILES string of the molecule is O=C1NC2(C(=O)O)CC2/C=C\CCCCCCC(=O)N2CCCC12. The van der Waals surface area contributed by atoms with Gasteiger partial charge in [-0.25, -0.2) is 4.79 Å². The lowest BCUT2D eigenvalue weighted by molar-refractivity contribution is -0.145. The lowest BCUT2D eigenvalue weighted by Crippen LogP contribution is -2.53. The number of carboxylic acids is 1. The van der Waals surface area contributed by atoms with Gasteiger partial charge in [-0.1, -0.05) is 25.0 Å². The first-order chi connectivity index (χ1) is 11.5. The van der Waals surface area contributed by atoms with Crippen molar-refractivity contribution in [2.45, 2.75) is 69.4 Å². The van der Waals surface area contributed by atoms with Gasteiger partial charge in [0.25, 0.3) is 0 Å². The topological polar surface area (TPSA) is 86.7 Å². The van der Waals surface area contributed by atoms with Gasteiger partial charge < -0.3 is 15.3 Å². The molecule has 0 aromatic carbocycles. The Hall–Kier alpha value is -1.85. The molecule has 0 aromatic heterocycles. The second-order valence-electron chi connectivity index (χ2n) is 7.20. The smallest absolute Gasteiger partial charge is 0.330 e. The Kier molecular flexibility index (Phi) is 4.92. The minimum absolute atomic E-state index is 0.0253. The van der Waals surface area contributed by atoms with Crippen LogP contribution in [0.4, 0.5) is 0 Å². The van der Waals surface area contributed by atoms with E-state index in [2.05, 4.69) is 5.32 Å². The molecule has 1 aliphatic carbocycles. The zero-order valence-corrected chi connectivity index (χ0v) is 14.0. The minimum Gasteiger partial charge on any atom is -0.479 e. The van der Waals surface area contributed by atoms with Gasteiger partial charge in [-0.2, -0.15) is 0 Å². The fourth-order valence-corrected chi connectivity index (χ4v) is 3.90. The molecule has 3 aliphatic rings. The van der Waals surface area contributed by atoms with Gasteiger partial charge in [-0.15, -0.1) is 0 Å². The van der Waals surface area contributed by atoms with Crippen molar-refractivity contribution in [1.82, 2.24) is 10.2 Å². The maximum Gasteiger partial charge on any atom is 0.330 e. The molecule has 24 heavy (non-hydrogen) atoms. The summed E-state index contributed by atoms with van der Waals surface area (Å²) >= 11 is 0. The van der Waals surface area contributed by atoms with Gasteiger partial charge in [0.15, 0.2) is 0 Å². The molecule has 1 saturated heterocycles. The summed E-state index contributed by atoms with van der Waals surface area (Å²) in [4.78, 5) is 38.4. The molecule has 3 atom stereocenters. The van der Waals surface area contributed by atoms with Crippen molar-refractivity contribution < 1.29 is 19.5 Å². The molecule has 132 valence electrons. The van der Waals surface area contributed by atoms with Crippen molar-refractivity contribution in [1.29, 1.82) is 0 Å². The van der Waals surface area contributed by atoms with E-state index in [9.17, 15) is 19.5 Å². The van der Waals surface area contributed by atoms with Crippen molar-refractivity contribution in [3.05, 3.63) is 12.2 Å². The fraction of sp³-hybridized carbons (Fsp3) is 0.722. The molecule has 1 saturated carbocycles. The zero-order chi connectivity index (χ0) is 17.2. The van der Waals surface area contributed by atoms with E-state index in [1.54, 1.807) is 4.90 Å². The van der Waals surface area contributed by atoms with Crippen LogP contribution in [0.1, 0.15) is 57.8 Å². The van der Waals surface area contributed by atoms with Crippen LogP contribution in [0.3, 0.4) is 0 Å². The summed E-state index contributed by atoms with van der Waals surface area (Å²) < 4.78 is 0. The van der Waals surface area contributed by atoms with E-state index in [0.717, 1.165) is 38.5 Å². The van der Waals surface area contributed by atoms with Crippen LogP contribution in [0, 0.1) is 5.92 Å². The van der Waals surface area contributed by atoms with E-state index in [-0.39, 0.29) is 17.7 Å². The molecule has 0 spiro atoms. The van der Waals surface area contributed by atoms with E-state index in [4.69, 9.17) is 0 Å². The zero-order valence-electron chi connectivity index (χ0n) is 14.0. The number of carboxylic acid groups (broad SMARTS) is 1. The number of hydrogen-bond donors (Lipinski definition) is 2. The molecular weight excluding hydrogens is 308 g/mol. The Morgan fingerprint density at radius 1 is 1.21 bits per heavy atom. The molecule has 2 N–H and O–H groups in total. The molecular formula is C18H26N2O4. The highest BCUT2D eigenvalue weighted by molar-refractivity contribution is 5.94. The molecule has 6 nitrogen and oxygen atoms in total. The third-order valence-electron chi connectivity index (χ3n) is 5.50. The molecule has 2 fully saturated rings. The number of allylic oxidation sites excluding steroid dienone is 1. The quantitative estimate of drug-likeness (QED) is 0.717. The number of amides is 2. The van der Waals surface area contributed by atoms with Crippen LogP contribution < -0.4 is 5.32 Å². The number of carbonyl (C=O) groups excluding carboxylic acids is 2. The predicted molar refractivity (Wildman–Crippen MR) is 88.2 cm³/mol. The monoisotopic (exact) mass is 334 g/mol. The molecule has 0 radical (unpaired) electrons. The summed E-state index contributed by atoms with van der Waals surface area (Å²) in [6.07, 6.45) is 11.2. The second kappa shape index (κ2) is 6.95. The number of nitrogens with zero attached hydrogens (tertiary/aromatic N) is 1. The average molecular weight is 334 g/mol. The van der Waals surface area contributed by atoms with Gasteiger partial charge in [-0.05, 0) is 38.5 Å². The second-order valence-corrected chi connectivity index (χ2v) is 7.20. The Labute approximate surface area is 142 Å². The first kappa shape index (κ1) is 17.0. The highest BCUT2D eigenvalue weighted by atomic mass is 16.4. The van der Waals surface area contributed by atoms with Gasteiger partial charge in [0, 0.05) is 18.9 Å². The van der Waals surface area contributed by atoms with Crippen LogP contribution in [-0.4, -0.2) is 45.9 Å². The lowest BCUT2D eigenvalue weighted by atomic mass is 10.1. The van der Waals surface area contributed by atoms with Crippen LogP contribution in [0.5, 0.6) is 0 Å². The molecule has 2 heterocycles. The van der Waals surface area contributed by atoms with Crippen LogP contribution in [0.2, 0.25) is 0 Å². The van der Waals surface area contributed by atoms with Crippen LogP contribution in [0.25, 0.3) is 0 Å². The third-order valence-corrected chi connectivity index (χ3v) is 5.50. The van der Waals surface area contributed by atoms with Crippen molar-refractivity contribution in [3.63, 3.8) is 0 Å². The van der Waals surface area contributed by atoms with Crippen molar-refractivity contribution in [2.24, 2.45) is 5.92 Å². The average Bonchev–Trinajstić information content (AvgIpc) is 3.02. The van der Waals surface area contributed by atoms with Crippen molar-refractivity contribution in [3.8, 4) is 0 Å². The summed E-state index contributed by atoms with van der Waals surface area (Å²) in [5.41, 5.74) is -1.18. The van der Waals surface area contributed by atoms with Gasteiger partial charge in [0.05, 0.1) is 0 Å². The predicted octanol–water partition coefficient (Wildman–Crippen LogP) is 1.85. The van der Waals surface area contributed by atoms with Crippen LogP contribution in [0.15, 0.2) is 12.2 Å². The normalized spacial score (nSPS) is 35.9. The summed E-state index contributed by atoms with van der Waals surface area (Å²) in [6.45, 7) is 0.598. The van der Waals surface area contributed by atoms with Crippen LogP contribution >= 0.6 is 0 Å². The first-order valence-corrected chi connectivity index (χ1v) is 9.06. The van der Waals surface area contributed by atoms with Crippen molar-refractivity contribution in [2.75, 3.05) is 6.54 Å². The molecule has 2 aliphatic heterocycles. The third kappa shape index (κ3) is 3.32. The maximum absolute atomic E-state index is 12.6. The van der Waals surface area contributed by atoms with E-state index in [1.807, 2.05) is 12.2 Å². The summed E-state index contributed by atoms with van der Waals surface area (Å²) in [5, 5.41) is 12.3. The largest absolute Gasteiger partial charge is 0.479 e. The summed E-state index contributed by atoms with van der Waals surface area (Å²) in [5.74, 6) is -1.41. The first-order valence-electron chi connectivity index (χ1n) is 9.06. The summed E-state index contributed by atoms with van der Waals surface area (Å²) in [7, 11) is 0. The number of hydrogen-bond acceptors (Lipinski definition) is 3. The Balaban J connectivity index is 1.77. The van der Waals surface area contributed by atoms with Gasteiger partial charge in [0.1, 0.15) is 11.6 Å². The Morgan fingerprint density at radius 3 is 2.79 bits per heavy atom. The van der Waals surface area contributed by atoms with Gasteiger partial charge in [-0.3, -0.25) is 9.59 Å². The van der Waals surface area contributed by atoms with E-state index in [1.165, 1.54) is 0 Å². The van der Waals surface area contributed by atoms with E-state index < -0.39 is 17.6 Å². The number of fused-ring (bicyclic) bond motifs is 2. The molecule has 6 heteroatoms. The Bertz CT molecular complexity index is 559. The van der Waals surface area contributed by atoms with Crippen molar-refractivity contribution >= 4 is 17.8 Å². The maximum atomic E-state index is 12.6. The summed E-state index contributed by atoms with van der Waals surface area (Å²) in [6, 6.07) is -0.510. The fourth-order valence-electron chi connectivity index (χ4n) is 3.90.